The normalized spacial score (nSPS) is 11.3. The second kappa shape index (κ2) is 6.05. The molecule has 92 valence electrons. The van der Waals surface area contributed by atoms with E-state index in [0.717, 1.165) is 0 Å². The number of nitrogens with zero attached hydrogens (tertiary/aromatic N) is 3. The van der Waals surface area contributed by atoms with Crippen LogP contribution in [-0.2, 0) is 0 Å². The molecule has 0 bridgehead atoms. The van der Waals surface area contributed by atoms with E-state index >= 15 is 0 Å². The molecule has 1 aromatic rings. The van der Waals surface area contributed by atoms with Crippen molar-refractivity contribution in [2.45, 2.75) is 6.42 Å². The van der Waals surface area contributed by atoms with Crippen molar-refractivity contribution in [3.63, 3.8) is 0 Å². The van der Waals surface area contributed by atoms with Gasteiger partial charge in [0.15, 0.2) is 0 Å². The first-order valence-corrected chi connectivity index (χ1v) is 5.26. The highest BCUT2D eigenvalue weighted by atomic mass is 35.5. The number of hydrogen-bond donors (Lipinski definition) is 2. The van der Waals surface area contributed by atoms with Gasteiger partial charge in [-0.25, -0.2) is 4.98 Å². The van der Waals surface area contributed by atoms with Gasteiger partial charge in [-0.1, -0.05) is 16.8 Å². The molecular weight excluding hydrogens is 244 g/mol. The quantitative estimate of drug-likeness (QED) is 0.363. The number of pyridine rings is 1. The fourth-order valence-electron chi connectivity index (χ4n) is 1.13. The number of oxime groups is 1. The average Bonchev–Trinajstić information content (AvgIpc) is 2.35. The van der Waals surface area contributed by atoms with Gasteiger partial charge in [-0.05, 0) is 12.1 Å². The average molecular weight is 257 g/mol. The first-order chi connectivity index (χ1) is 8.04. The van der Waals surface area contributed by atoms with Crippen molar-refractivity contribution in [3.05, 3.63) is 29.0 Å². The van der Waals surface area contributed by atoms with Crippen LogP contribution in [0.5, 0.6) is 0 Å². The first kappa shape index (κ1) is 13.2. The van der Waals surface area contributed by atoms with Crippen LogP contribution >= 0.6 is 11.6 Å². The van der Waals surface area contributed by atoms with E-state index in [1.54, 1.807) is 19.2 Å². The Morgan fingerprint density at radius 1 is 1.65 bits per heavy atom. The molecule has 0 aliphatic rings. The summed E-state index contributed by atoms with van der Waals surface area (Å²) in [7, 11) is 1.61. The smallest absolute Gasteiger partial charge is 0.272 e. The second-order valence-electron chi connectivity index (χ2n) is 3.43. The minimum absolute atomic E-state index is 0.0775. The Balaban J connectivity index is 2.60. The monoisotopic (exact) mass is 256 g/mol. The largest absolute Gasteiger partial charge is 0.409 e. The van der Waals surface area contributed by atoms with E-state index in [-0.39, 0.29) is 11.7 Å². The lowest BCUT2D eigenvalue weighted by Crippen LogP contribution is -2.31. The maximum absolute atomic E-state index is 11.8. The molecule has 1 aromatic heterocycles. The summed E-state index contributed by atoms with van der Waals surface area (Å²) in [5, 5.41) is 11.7. The second-order valence-corrected chi connectivity index (χ2v) is 3.87. The van der Waals surface area contributed by atoms with E-state index in [9.17, 15) is 4.79 Å². The van der Waals surface area contributed by atoms with Crippen LogP contribution in [0.25, 0.3) is 0 Å². The molecule has 7 heteroatoms. The van der Waals surface area contributed by atoms with E-state index in [2.05, 4.69) is 10.1 Å². The van der Waals surface area contributed by atoms with Crippen LogP contribution in [0.15, 0.2) is 23.5 Å². The molecule has 0 fully saturated rings. The third-order valence-electron chi connectivity index (χ3n) is 2.13. The molecule has 3 N–H and O–H groups in total. The summed E-state index contributed by atoms with van der Waals surface area (Å²) in [6.45, 7) is 0.346. The summed E-state index contributed by atoms with van der Waals surface area (Å²) in [4.78, 5) is 17.2. The zero-order valence-corrected chi connectivity index (χ0v) is 10.1. The number of carbonyl (C=O) groups is 1. The van der Waals surface area contributed by atoms with Gasteiger partial charge in [0.2, 0.25) is 0 Å². The number of rotatable bonds is 4. The summed E-state index contributed by atoms with van der Waals surface area (Å²) in [5.41, 5.74) is 5.61. The van der Waals surface area contributed by atoms with Crippen molar-refractivity contribution in [3.8, 4) is 0 Å². The molecule has 0 spiro atoms. The standard InChI is InChI=1S/C10H13ClN4O2/c1-15(5-4-9(12)14-17)10(16)8-3-2-7(11)6-13-8/h2-3,6,17H,4-5H2,1H3,(H2,12,14). The van der Waals surface area contributed by atoms with E-state index in [1.807, 2.05) is 0 Å². The van der Waals surface area contributed by atoms with E-state index in [1.165, 1.54) is 11.1 Å². The molecule has 0 saturated carbocycles. The number of amidine groups is 1. The lowest BCUT2D eigenvalue weighted by Gasteiger charge is -2.15. The Bertz CT molecular complexity index is 419. The predicted octanol–water partition coefficient (Wildman–Crippen LogP) is 0.943. The van der Waals surface area contributed by atoms with Gasteiger partial charge in [0.25, 0.3) is 5.91 Å². The predicted molar refractivity (Wildman–Crippen MR) is 64.2 cm³/mol. The van der Waals surface area contributed by atoms with Gasteiger partial charge in [0, 0.05) is 26.2 Å². The van der Waals surface area contributed by atoms with Crippen molar-refractivity contribution in [1.82, 2.24) is 9.88 Å². The number of aromatic nitrogens is 1. The van der Waals surface area contributed by atoms with Crippen molar-refractivity contribution >= 4 is 23.3 Å². The molecule has 6 nitrogen and oxygen atoms in total. The third-order valence-corrected chi connectivity index (χ3v) is 2.35. The van der Waals surface area contributed by atoms with Gasteiger partial charge in [0.1, 0.15) is 11.5 Å². The van der Waals surface area contributed by atoms with Gasteiger partial charge < -0.3 is 15.8 Å². The lowest BCUT2D eigenvalue weighted by atomic mass is 10.3. The third kappa shape index (κ3) is 3.92. The highest BCUT2D eigenvalue weighted by molar-refractivity contribution is 6.30. The Labute approximate surface area is 104 Å². The van der Waals surface area contributed by atoms with Crippen molar-refractivity contribution in [2.75, 3.05) is 13.6 Å². The minimum atomic E-state index is -0.243. The molecule has 0 atom stereocenters. The number of hydrogen-bond acceptors (Lipinski definition) is 4. The molecule has 0 aliphatic heterocycles. The SMILES string of the molecule is CN(CCC(N)=NO)C(=O)c1ccc(Cl)cn1. The van der Waals surface area contributed by atoms with Crippen LogP contribution in [-0.4, -0.2) is 40.4 Å². The maximum atomic E-state index is 11.8. The Kier molecular flexibility index (Phi) is 4.71. The van der Waals surface area contributed by atoms with Crippen LogP contribution in [0, 0.1) is 0 Å². The zero-order valence-electron chi connectivity index (χ0n) is 9.30. The van der Waals surface area contributed by atoms with E-state index in [4.69, 9.17) is 22.5 Å². The van der Waals surface area contributed by atoms with Gasteiger partial charge in [-0.2, -0.15) is 0 Å². The van der Waals surface area contributed by atoms with E-state index < -0.39 is 0 Å². The summed E-state index contributed by atoms with van der Waals surface area (Å²) < 4.78 is 0. The fraction of sp³-hybridized carbons (Fsp3) is 0.300. The van der Waals surface area contributed by atoms with Crippen LogP contribution in [0.4, 0.5) is 0 Å². The number of halogens is 1. The van der Waals surface area contributed by atoms with Crippen LogP contribution in [0.2, 0.25) is 5.02 Å². The maximum Gasteiger partial charge on any atom is 0.272 e. The number of carbonyl (C=O) groups excluding carboxylic acids is 1. The number of nitrogens with two attached hydrogens (primary N) is 1. The molecular formula is C10H13ClN4O2. The summed E-state index contributed by atoms with van der Waals surface area (Å²) in [6, 6.07) is 3.14. The zero-order chi connectivity index (χ0) is 12.8. The summed E-state index contributed by atoms with van der Waals surface area (Å²) >= 11 is 5.67. The van der Waals surface area contributed by atoms with Crippen molar-refractivity contribution in [2.24, 2.45) is 10.9 Å². The molecule has 0 aliphatic carbocycles. The van der Waals surface area contributed by atoms with Gasteiger partial charge in [-0.3, -0.25) is 4.79 Å². The summed E-state index contributed by atoms with van der Waals surface area (Å²) in [6.07, 6.45) is 1.71. The topological polar surface area (TPSA) is 91.8 Å². The number of amides is 1. The lowest BCUT2D eigenvalue weighted by molar-refractivity contribution is 0.0792. The molecule has 1 heterocycles. The van der Waals surface area contributed by atoms with Crippen molar-refractivity contribution in [1.29, 1.82) is 0 Å². The highest BCUT2D eigenvalue weighted by Crippen LogP contribution is 2.07. The Hall–Kier alpha value is -1.82. The first-order valence-electron chi connectivity index (χ1n) is 4.88. The molecule has 17 heavy (non-hydrogen) atoms. The van der Waals surface area contributed by atoms with Crippen molar-refractivity contribution < 1.29 is 10.0 Å². The van der Waals surface area contributed by atoms with Gasteiger partial charge >= 0.3 is 0 Å². The molecule has 0 unspecified atom stereocenters. The fourth-order valence-corrected chi connectivity index (χ4v) is 1.24. The van der Waals surface area contributed by atoms with E-state index in [0.29, 0.717) is 23.7 Å². The van der Waals surface area contributed by atoms with Crippen LogP contribution in [0.3, 0.4) is 0 Å². The Morgan fingerprint density at radius 2 is 2.35 bits per heavy atom. The van der Waals surface area contributed by atoms with Crippen LogP contribution < -0.4 is 5.73 Å². The van der Waals surface area contributed by atoms with Crippen LogP contribution in [0.1, 0.15) is 16.9 Å². The molecule has 1 amide bonds. The highest BCUT2D eigenvalue weighted by Gasteiger charge is 2.12. The van der Waals surface area contributed by atoms with Gasteiger partial charge in [0.05, 0.1) is 5.02 Å². The van der Waals surface area contributed by atoms with Gasteiger partial charge in [-0.15, -0.1) is 0 Å². The Morgan fingerprint density at radius 3 is 2.88 bits per heavy atom. The summed E-state index contributed by atoms with van der Waals surface area (Å²) in [5.74, 6) is -0.166. The molecule has 0 saturated heterocycles. The molecule has 0 aromatic carbocycles. The molecule has 1 rings (SSSR count). The minimum Gasteiger partial charge on any atom is -0.409 e. The molecule has 0 radical (unpaired) electrons.